The summed E-state index contributed by atoms with van der Waals surface area (Å²) in [6, 6.07) is 17.8. The van der Waals surface area contributed by atoms with Crippen LogP contribution in [0.5, 0.6) is 5.75 Å². The Labute approximate surface area is 257 Å². The molecule has 0 spiro atoms. The maximum atomic E-state index is 14.0. The highest BCUT2D eigenvalue weighted by Gasteiger charge is 2.32. The maximum absolute atomic E-state index is 14.0. The van der Waals surface area contributed by atoms with Gasteiger partial charge in [0, 0.05) is 55.3 Å². The average Bonchev–Trinajstić information content (AvgIpc) is 3.00. The van der Waals surface area contributed by atoms with Crippen molar-refractivity contribution in [3.05, 3.63) is 82.6 Å². The minimum absolute atomic E-state index is 0.0829. The van der Waals surface area contributed by atoms with Gasteiger partial charge in [-0.15, -0.1) is 11.8 Å². The standard InChI is InChI=1S/C33H40ClFN4O2S/c1-42-31-5-3-2-4-25(31)22-38-14-16-39(17-15-38)33(41)32(36)23-8-11-37(12-9-23)13-10-24-18-27(34)6-7-30(24)26-19-28(35)21-29(40)20-26/h2-7,18-21,23,32,40H,8-17,22,36H2,1H3. The number of hydrogen-bond donors (Lipinski definition) is 2. The molecular formula is C33H40ClFN4O2S. The summed E-state index contributed by atoms with van der Waals surface area (Å²) in [7, 11) is 0. The molecule has 2 aliphatic heterocycles. The summed E-state index contributed by atoms with van der Waals surface area (Å²) in [4.78, 5) is 21.4. The van der Waals surface area contributed by atoms with E-state index in [1.54, 1.807) is 23.9 Å². The van der Waals surface area contributed by atoms with Crippen LogP contribution in [0, 0.1) is 11.7 Å². The van der Waals surface area contributed by atoms with Crippen LogP contribution in [-0.2, 0) is 17.8 Å². The zero-order valence-electron chi connectivity index (χ0n) is 24.1. The number of halogens is 2. The molecule has 0 aliphatic carbocycles. The van der Waals surface area contributed by atoms with Gasteiger partial charge in [0.2, 0.25) is 5.91 Å². The van der Waals surface area contributed by atoms with Gasteiger partial charge >= 0.3 is 0 Å². The first-order valence-corrected chi connectivity index (χ1v) is 16.3. The molecule has 3 N–H and O–H groups in total. The Morgan fingerprint density at radius 2 is 1.74 bits per heavy atom. The number of hydrogen-bond acceptors (Lipinski definition) is 6. The molecular weight excluding hydrogens is 571 g/mol. The summed E-state index contributed by atoms with van der Waals surface area (Å²) in [6.07, 6.45) is 4.63. The fraction of sp³-hybridized carbons (Fsp3) is 0.424. The largest absolute Gasteiger partial charge is 0.508 e. The Bertz CT molecular complexity index is 1360. The number of thioether (sulfide) groups is 1. The van der Waals surface area contributed by atoms with E-state index in [1.807, 2.05) is 17.0 Å². The molecule has 3 aromatic rings. The molecule has 5 rings (SSSR count). The minimum atomic E-state index is -0.474. The molecule has 0 saturated carbocycles. The van der Waals surface area contributed by atoms with Crippen molar-refractivity contribution in [3.63, 3.8) is 0 Å². The zero-order chi connectivity index (χ0) is 29.6. The lowest BCUT2D eigenvalue weighted by Crippen LogP contribution is -2.55. The van der Waals surface area contributed by atoms with Crippen LogP contribution in [-0.4, -0.2) is 83.8 Å². The number of phenols is 1. The number of benzene rings is 3. The van der Waals surface area contributed by atoms with Crippen molar-refractivity contribution < 1.29 is 14.3 Å². The van der Waals surface area contributed by atoms with Crippen LogP contribution < -0.4 is 5.73 Å². The number of carbonyl (C=O) groups is 1. The normalized spacial score (nSPS) is 17.9. The van der Waals surface area contributed by atoms with Crippen LogP contribution in [0.25, 0.3) is 11.1 Å². The fourth-order valence-electron chi connectivity index (χ4n) is 6.21. The third-order valence-electron chi connectivity index (χ3n) is 8.65. The number of phenolic OH excluding ortho intramolecular Hbond substituents is 1. The Balaban J connectivity index is 1.09. The van der Waals surface area contributed by atoms with E-state index in [0.717, 1.165) is 88.8 Å². The summed E-state index contributed by atoms with van der Waals surface area (Å²) in [5, 5.41) is 10.5. The number of amides is 1. The van der Waals surface area contributed by atoms with Gasteiger partial charge in [-0.25, -0.2) is 4.39 Å². The number of rotatable bonds is 9. The van der Waals surface area contributed by atoms with Crippen molar-refractivity contribution in [1.82, 2.24) is 14.7 Å². The minimum Gasteiger partial charge on any atom is -0.508 e. The Morgan fingerprint density at radius 3 is 2.45 bits per heavy atom. The fourth-order valence-corrected chi connectivity index (χ4v) is 7.01. The quantitative estimate of drug-likeness (QED) is 0.312. The molecule has 2 saturated heterocycles. The highest BCUT2D eigenvalue weighted by atomic mass is 35.5. The second kappa shape index (κ2) is 14.2. The van der Waals surface area contributed by atoms with Gasteiger partial charge in [0.1, 0.15) is 11.6 Å². The van der Waals surface area contributed by atoms with Crippen LogP contribution in [0.1, 0.15) is 24.0 Å². The van der Waals surface area contributed by atoms with Crippen molar-refractivity contribution in [2.24, 2.45) is 11.7 Å². The Kier molecular flexibility index (Phi) is 10.4. The number of likely N-dealkylation sites (tertiary alicyclic amines) is 1. The van der Waals surface area contributed by atoms with E-state index >= 15 is 0 Å². The molecule has 2 aliphatic rings. The van der Waals surface area contributed by atoms with E-state index in [2.05, 4.69) is 40.3 Å². The Morgan fingerprint density at radius 1 is 1.00 bits per heavy atom. The van der Waals surface area contributed by atoms with E-state index < -0.39 is 11.9 Å². The predicted octanol–water partition coefficient (Wildman–Crippen LogP) is 5.50. The lowest BCUT2D eigenvalue weighted by molar-refractivity contribution is -0.136. The summed E-state index contributed by atoms with van der Waals surface area (Å²) < 4.78 is 14.0. The molecule has 2 heterocycles. The third kappa shape index (κ3) is 7.66. The smallest absolute Gasteiger partial charge is 0.239 e. The lowest BCUT2D eigenvalue weighted by atomic mass is 9.88. The second-order valence-electron chi connectivity index (χ2n) is 11.4. The summed E-state index contributed by atoms with van der Waals surface area (Å²) in [5.74, 6) is -0.313. The zero-order valence-corrected chi connectivity index (χ0v) is 25.7. The molecule has 9 heteroatoms. The first-order valence-electron chi connectivity index (χ1n) is 14.7. The third-order valence-corrected chi connectivity index (χ3v) is 9.73. The number of piperazine rings is 1. The number of aromatic hydroxyl groups is 1. The van der Waals surface area contributed by atoms with Crippen molar-refractivity contribution >= 4 is 29.3 Å². The van der Waals surface area contributed by atoms with Crippen LogP contribution >= 0.6 is 23.4 Å². The topological polar surface area (TPSA) is 73.0 Å². The van der Waals surface area contributed by atoms with E-state index in [1.165, 1.54) is 16.5 Å². The van der Waals surface area contributed by atoms with Crippen LogP contribution in [0.2, 0.25) is 5.02 Å². The van der Waals surface area contributed by atoms with Gasteiger partial charge in [-0.05, 0) is 97.1 Å². The molecule has 6 nitrogen and oxygen atoms in total. The lowest BCUT2D eigenvalue weighted by Gasteiger charge is -2.39. The van der Waals surface area contributed by atoms with Gasteiger partial charge in [-0.1, -0.05) is 35.9 Å². The van der Waals surface area contributed by atoms with Gasteiger partial charge in [-0.3, -0.25) is 9.69 Å². The van der Waals surface area contributed by atoms with Crippen molar-refractivity contribution in [3.8, 4) is 16.9 Å². The molecule has 42 heavy (non-hydrogen) atoms. The first-order chi connectivity index (χ1) is 20.3. The average molecular weight is 611 g/mol. The van der Waals surface area contributed by atoms with Crippen LogP contribution in [0.15, 0.2) is 65.6 Å². The molecule has 0 aromatic heterocycles. The molecule has 0 bridgehead atoms. The highest BCUT2D eigenvalue weighted by Crippen LogP contribution is 2.31. The van der Waals surface area contributed by atoms with Crippen LogP contribution in [0.3, 0.4) is 0 Å². The summed E-state index contributed by atoms with van der Waals surface area (Å²) >= 11 is 8.08. The predicted molar refractivity (Wildman–Crippen MR) is 169 cm³/mol. The summed E-state index contributed by atoms with van der Waals surface area (Å²) in [6.45, 7) is 6.66. The van der Waals surface area contributed by atoms with E-state index in [9.17, 15) is 14.3 Å². The molecule has 2 fully saturated rings. The number of nitrogens with zero attached hydrogens (tertiary/aromatic N) is 3. The van der Waals surface area contributed by atoms with Crippen LogP contribution in [0.4, 0.5) is 4.39 Å². The van der Waals surface area contributed by atoms with Crippen molar-refractivity contribution in [2.75, 3.05) is 52.1 Å². The maximum Gasteiger partial charge on any atom is 0.239 e. The van der Waals surface area contributed by atoms with E-state index in [4.69, 9.17) is 17.3 Å². The van der Waals surface area contributed by atoms with Crippen molar-refractivity contribution in [1.29, 1.82) is 0 Å². The monoisotopic (exact) mass is 610 g/mol. The van der Waals surface area contributed by atoms with Crippen molar-refractivity contribution in [2.45, 2.75) is 36.7 Å². The van der Waals surface area contributed by atoms with Gasteiger partial charge in [-0.2, -0.15) is 0 Å². The van der Waals surface area contributed by atoms with E-state index in [0.29, 0.717) is 10.6 Å². The Hall–Kier alpha value is -2.62. The van der Waals surface area contributed by atoms with Gasteiger partial charge < -0.3 is 20.6 Å². The van der Waals surface area contributed by atoms with Gasteiger partial charge in [0.15, 0.2) is 0 Å². The first kappa shape index (κ1) is 30.8. The van der Waals surface area contributed by atoms with Gasteiger partial charge in [0.05, 0.1) is 6.04 Å². The molecule has 1 unspecified atom stereocenters. The molecule has 224 valence electrons. The highest BCUT2D eigenvalue weighted by molar-refractivity contribution is 7.98. The SMILES string of the molecule is CSc1ccccc1CN1CCN(C(=O)C(N)C2CCN(CCc3cc(Cl)ccc3-c3cc(O)cc(F)c3)CC2)CC1. The van der Waals surface area contributed by atoms with E-state index in [-0.39, 0.29) is 17.6 Å². The van der Waals surface area contributed by atoms with Gasteiger partial charge in [0.25, 0.3) is 0 Å². The second-order valence-corrected chi connectivity index (χ2v) is 12.7. The summed E-state index contributed by atoms with van der Waals surface area (Å²) in [5.41, 5.74) is 10.4. The number of piperidine rings is 1. The number of carbonyl (C=O) groups excluding carboxylic acids is 1. The molecule has 1 amide bonds. The number of nitrogens with two attached hydrogens (primary N) is 1. The molecule has 1 atom stereocenters. The molecule has 0 radical (unpaired) electrons. The molecule has 3 aromatic carbocycles.